The molecule has 0 aromatic heterocycles. The zero-order valence-corrected chi connectivity index (χ0v) is 17.8. The lowest BCUT2D eigenvalue weighted by molar-refractivity contribution is -0.121. The van der Waals surface area contributed by atoms with Crippen molar-refractivity contribution < 1.29 is 22.7 Å². The number of amides is 1. The first-order chi connectivity index (χ1) is 13.5. The summed E-state index contributed by atoms with van der Waals surface area (Å²) in [6.07, 6.45) is -0.219. The molecule has 6 nitrogen and oxygen atoms in total. The molecule has 4 N–H and O–H groups in total. The highest BCUT2D eigenvalue weighted by Gasteiger charge is 2.25. The van der Waals surface area contributed by atoms with Crippen LogP contribution < -0.4 is 11.1 Å². The molecule has 0 aliphatic rings. The van der Waals surface area contributed by atoms with Gasteiger partial charge in [-0.05, 0) is 22.3 Å². The lowest BCUT2D eigenvalue weighted by Gasteiger charge is -2.22. The number of carbonyl (C=O) groups excluding carboxylic acids is 1. The van der Waals surface area contributed by atoms with Crippen LogP contribution in [0.2, 0.25) is 0 Å². The number of nitrogens with one attached hydrogen (secondary N) is 1. The number of nitrogens with two attached hydrogens (primary N) is 1. The molecule has 2 rings (SSSR count). The molecule has 0 saturated carbocycles. The molecule has 1 unspecified atom stereocenters. The predicted molar refractivity (Wildman–Crippen MR) is 112 cm³/mol. The van der Waals surface area contributed by atoms with Crippen molar-refractivity contribution in [3.8, 4) is 11.1 Å². The van der Waals surface area contributed by atoms with Crippen molar-refractivity contribution in [2.75, 3.05) is 12.9 Å². The normalized spacial score (nSPS) is 15.0. The van der Waals surface area contributed by atoms with E-state index in [1.165, 1.54) is 0 Å². The molecule has 29 heavy (non-hydrogen) atoms. The maximum atomic E-state index is 13.2. The van der Waals surface area contributed by atoms with Gasteiger partial charge in [0, 0.05) is 6.26 Å². The third-order valence-electron chi connectivity index (χ3n) is 4.36. The summed E-state index contributed by atoms with van der Waals surface area (Å²) in [5.74, 6) is -0.793. The average molecular weight is 463 g/mol. The van der Waals surface area contributed by atoms with Crippen LogP contribution in [0, 0.1) is 0 Å². The quantitative estimate of drug-likeness (QED) is 0.522. The molecule has 0 spiro atoms. The first-order valence-corrected chi connectivity index (χ1v) is 11.3. The number of carbonyl (C=O) groups is 1. The molecule has 10 heteroatoms. The van der Waals surface area contributed by atoms with E-state index < -0.39 is 44.8 Å². The minimum atomic E-state index is -3.40. The summed E-state index contributed by atoms with van der Waals surface area (Å²) in [6, 6.07) is 12.2. The molecule has 2 aromatic carbocycles. The number of hydrogen-bond acceptors (Lipinski definition) is 5. The van der Waals surface area contributed by atoms with Gasteiger partial charge in [-0.2, -0.15) is 0 Å². The second kappa shape index (κ2) is 9.86. The number of rotatable bonds is 8. The fraction of sp³-hybridized carbons (Fsp3) is 0.316. The van der Waals surface area contributed by atoms with Gasteiger partial charge >= 0.3 is 0 Å². The van der Waals surface area contributed by atoms with Gasteiger partial charge in [0.1, 0.15) is 18.2 Å². The largest absolute Gasteiger partial charge is 0.386 e. The number of hydrogen-bond donors (Lipinski definition) is 3. The molecule has 3 atom stereocenters. The number of halogens is 3. The zero-order chi connectivity index (χ0) is 21.8. The van der Waals surface area contributed by atoms with Gasteiger partial charge in [-0.3, -0.25) is 4.79 Å². The van der Waals surface area contributed by atoms with E-state index in [4.69, 9.17) is 28.9 Å². The molecule has 2 aromatic rings. The lowest BCUT2D eigenvalue weighted by atomic mass is 9.98. The van der Waals surface area contributed by atoms with Crippen LogP contribution in [0.3, 0.4) is 0 Å². The molecular weight excluding hydrogens is 442 g/mol. The summed E-state index contributed by atoms with van der Waals surface area (Å²) < 4.78 is 36.3. The highest BCUT2D eigenvalue weighted by molar-refractivity contribution is 7.90. The highest BCUT2D eigenvalue weighted by atomic mass is 35.5. The van der Waals surface area contributed by atoms with E-state index in [1.807, 2.05) is 0 Å². The first kappa shape index (κ1) is 23.6. The Bertz CT molecular complexity index is 938. The van der Waals surface area contributed by atoms with Crippen LogP contribution in [0.15, 0.2) is 48.5 Å². The molecule has 158 valence electrons. The average Bonchev–Trinajstić information content (AvgIpc) is 2.70. The zero-order valence-electron chi connectivity index (χ0n) is 15.4. The monoisotopic (exact) mass is 462 g/mol. The van der Waals surface area contributed by atoms with Crippen LogP contribution >= 0.6 is 23.2 Å². The molecule has 0 aliphatic carbocycles. The molecule has 1 amide bonds. The summed E-state index contributed by atoms with van der Waals surface area (Å²) in [4.78, 5) is 10.2. The molecule has 0 bridgehead atoms. The van der Waals surface area contributed by atoms with Crippen LogP contribution in [0.25, 0.3) is 11.1 Å². The van der Waals surface area contributed by atoms with E-state index >= 15 is 0 Å². The number of aliphatic hydroxyl groups excluding tert-OH is 1. The molecular formula is C19H21Cl2FN2O4S. The first-order valence-electron chi connectivity index (χ1n) is 8.52. The van der Waals surface area contributed by atoms with Gasteiger partial charge in [0.25, 0.3) is 5.91 Å². The van der Waals surface area contributed by atoms with E-state index in [0.29, 0.717) is 11.1 Å². The molecule has 0 aliphatic heterocycles. The van der Waals surface area contributed by atoms with E-state index in [-0.39, 0.29) is 0 Å². The Morgan fingerprint density at radius 1 is 1.07 bits per heavy atom. The topological polar surface area (TPSA) is 109 Å². The summed E-state index contributed by atoms with van der Waals surface area (Å²) >= 11 is 10.9. The van der Waals surface area contributed by atoms with Crippen molar-refractivity contribution in [1.82, 2.24) is 5.32 Å². The van der Waals surface area contributed by atoms with Gasteiger partial charge in [0.15, 0.2) is 14.7 Å². The molecule has 0 heterocycles. The standard InChI is InChI=1S/C19H21Cl2FN2O4S/c1-29(27,28)18(23)14-8-4-12(5-9-14)11-2-6-13(7-3-11)16(25)15(10-22)24-19(26)17(20)21/h2-9,15-18,25H,10,23H2,1H3,(H,24,26)/t15-,16-,18?/m1/s1. The minimum absolute atomic E-state index is 0.396. The van der Waals surface area contributed by atoms with E-state index in [0.717, 1.165) is 17.4 Å². The van der Waals surface area contributed by atoms with Crippen LogP contribution in [0.5, 0.6) is 0 Å². The fourth-order valence-electron chi connectivity index (χ4n) is 2.67. The number of alkyl halides is 3. The van der Waals surface area contributed by atoms with Gasteiger partial charge in [0.2, 0.25) is 0 Å². The maximum absolute atomic E-state index is 13.2. The number of sulfone groups is 1. The van der Waals surface area contributed by atoms with Crippen molar-refractivity contribution in [1.29, 1.82) is 0 Å². The van der Waals surface area contributed by atoms with Crippen LogP contribution in [0.4, 0.5) is 4.39 Å². The Morgan fingerprint density at radius 3 is 1.90 bits per heavy atom. The maximum Gasteiger partial charge on any atom is 0.253 e. The summed E-state index contributed by atoms with van der Waals surface area (Å²) in [5, 5.41) is 11.5. The van der Waals surface area contributed by atoms with Crippen molar-refractivity contribution >= 4 is 38.9 Å². The van der Waals surface area contributed by atoms with E-state index in [2.05, 4.69) is 5.32 Å². The third kappa shape index (κ3) is 6.13. The van der Waals surface area contributed by atoms with Crippen LogP contribution in [-0.4, -0.2) is 43.2 Å². The summed E-state index contributed by atoms with van der Waals surface area (Å²) in [5.41, 5.74) is 8.18. The van der Waals surface area contributed by atoms with Gasteiger partial charge in [-0.15, -0.1) is 0 Å². The highest BCUT2D eigenvalue weighted by Crippen LogP contribution is 2.26. The van der Waals surface area contributed by atoms with Crippen LogP contribution in [0.1, 0.15) is 22.6 Å². The Morgan fingerprint density at radius 2 is 1.52 bits per heavy atom. The number of benzene rings is 2. The molecule has 0 fully saturated rings. The summed E-state index contributed by atoms with van der Waals surface area (Å²) in [6.45, 7) is -1.00. The van der Waals surface area contributed by atoms with Crippen molar-refractivity contribution in [2.24, 2.45) is 5.73 Å². The summed E-state index contributed by atoms with van der Waals surface area (Å²) in [7, 11) is -3.40. The lowest BCUT2D eigenvalue weighted by Crippen LogP contribution is -2.43. The van der Waals surface area contributed by atoms with E-state index in [9.17, 15) is 22.7 Å². The van der Waals surface area contributed by atoms with Gasteiger partial charge in [-0.1, -0.05) is 71.7 Å². The second-order valence-electron chi connectivity index (χ2n) is 6.51. The van der Waals surface area contributed by atoms with Crippen molar-refractivity contribution in [3.05, 3.63) is 59.7 Å². The third-order valence-corrected chi connectivity index (χ3v) is 5.95. The van der Waals surface area contributed by atoms with Gasteiger partial charge in [-0.25, -0.2) is 12.8 Å². The SMILES string of the molecule is CS(=O)(=O)C(N)c1ccc(-c2ccc([C@@H](O)[C@@H](CF)NC(=O)C(Cl)Cl)cc2)cc1. The Balaban J connectivity index is 2.16. The predicted octanol–water partition coefficient (Wildman–Crippen LogP) is 2.65. The molecule has 0 radical (unpaired) electrons. The molecule has 0 saturated heterocycles. The van der Waals surface area contributed by atoms with Gasteiger partial charge < -0.3 is 16.2 Å². The Labute approximate surface area is 178 Å². The van der Waals surface area contributed by atoms with Crippen molar-refractivity contribution in [2.45, 2.75) is 22.4 Å². The minimum Gasteiger partial charge on any atom is -0.386 e. The Kier molecular flexibility index (Phi) is 8.02. The van der Waals surface area contributed by atoms with E-state index in [1.54, 1.807) is 48.5 Å². The fourth-order valence-corrected chi connectivity index (χ4v) is 3.44. The van der Waals surface area contributed by atoms with Gasteiger partial charge in [0.05, 0.1) is 6.04 Å². The van der Waals surface area contributed by atoms with Crippen LogP contribution in [-0.2, 0) is 14.6 Å². The Hall–Kier alpha value is -1.71. The second-order valence-corrected chi connectivity index (χ2v) is 9.77. The number of aliphatic hydroxyl groups is 1. The van der Waals surface area contributed by atoms with Crippen molar-refractivity contribution in [3.63, 3.8) is 0 Å². The smallest absolute Gasteiger partial charge is 0.253 e.